The molecule has 0 radical (unpaired) electrons. The molecular formula is C14H24N4. The van der Waals surface area contributed by atoms with Gasteiger partial charge >= 0.3 is 0 Å². The molecule has 2 heterocycles. The minimum absolute atomic E-state index is 0.732. The molecule has 100 valence electrons. The van der Waals surface area contributed by atoms with E-state index in [1.807, 2.05) is 19.9 Å². The summed E-state index contributed by atoms with van der Waals surface area (Å²) in [7, 11) is 0. The zero-order valence-electron chi connectivity index (χ0n) is 11.9. The number of aromatic nitrogens is 3. The average Bonchev–Trinajstić information content (AvgIpc) is 2.89. The van der Waals surface area contributed by atoms with Gasteiger partial charge in [0, 0.05) is 5.57 Å². The van der Waals surface area contributed by atoms with Crippen LogP contribution in [0.1, 0.15) is 39.9 Å². The van der Waals surface area contributed by atoms with Crippen LogP contribution in [-0.4, -0.2) is 21.4 Å². The van der Waals surface area contributed by atoms with Gasteiger partial charge in [-0.3, -0.25) is 0 Å². The molecular weight excluding hydrogens is 224 g/mol. The van der Waals surface area contributed by atoms with Crippen LogP contribution in [0.2, 0.25) is 0 Å². The Bertz CT molecular complexity index is 402. The van der Waals surface area contributed by atoms with Gasteiger partial charge in [-0.25, -0.2) is 4.68 Å². The highest BCUT2D eigenvalue weighted by Gasteiger charge is 2.15. The van der Waals surface area contributed by atoms with E-state index in [0.29, 0.717) is 0 Å². The molecule has 0 aliphatic carbocycles. The Kier molecular flexibility index (Phi) is 8.27. The standard InChI is InChI=1S/C9H10N4.C3H8.C2H6/c1-3-7-5-11-13-6-10-12-9(13)8(7)4-2;1-3-2;1-2/h3-4,6,11H,1-2,5H2;3H2,1-2H3;1-2H3. The summed E-state index contributed by atoms with van der Waals surface area (Å²) < 4.78 is 1.78. The molecule has 4 heteroatoms. The molecule has 18 heavy (non-hydrogen) atoms. The number of allylic oxidation sites excluding steroid dienone is 2. The molecule has 0 atom stereocenters. The van der Waals surface area contributed by atoms with Gasteiger partial charge in [0.15, 0.2) is 5.82 Å². The lowest BCUT2D eigenvalue weighted by molar-refractivity contribution is 0.839. The summed E-state index contributed by atoms with van der Waals surface area (Å²) in [6.45, 7) is 16.5. The summed E-state index contributed by atoms with van der Waals surface area (Å²) in [6, 6.07) is 0. The number of fused-ring (bicyclic) bond motifs is 1. The van der Waals surface area contributed by atoms with E-state index in [1.54, 1.807) is 17.1 Å². The summed E-state index contributed by atoms with van der Waals surface area (Å²) in [5.41, 5.74) is 5.21. The van der Waals surface area contributed by atoms with Gasteiger partial charge in [0.2, 0.25) is 0 Å². The van der Waals surface area contributed by atoms with Crippen molar-refractivity contribution in [3.63, 3.8) is 0 Å². The van der Waals surface area contributed by atoms with Crippen molar-refractivity contribution >= 4 is 5.57 Å². The van der Waals surface area contributed by atoms with Crippen molar-refractivity contribution in [3.05, 3.63) is 43.0 Å². The molecule has 0 saturated heterocycles. The van der Waals surface area contributed by atoms with Crippen LogP contribution >= 0.6 is 0 Å². The normalized spacial score (nSPS) is 12.0. The maximum absolute atomic E-state index is 3.98. The molecule has 2 rings (SSSR count). The van der Waals surface area contributed by atoms with E-state index in [4.69, 9.17) is 0 Å². The van der Waals surface area contributed by atoms with Gasteiger partial charge in [0.1, 0.15) is 6.33 Å². The SMILES string of the molecule is C=CC1=C(C=C)c2nncn2NC1.CC.CCC. The van der Waals surface area contributed by atoms with Crippen LogP contribution in [0.15, 0.2) is 37.2 Å². The van der Waals surface area contributed by atoms with Crippen LogP contribution in [-0.2, 0) is 0 Å². The van der Waals surface area contributed by atoms with E-state index in [0.717, 1.165) is 23.5 Å². The van der Waals surface area contributed by atoms with E-state index in [1.165, 1.54) is 6.42 Å². The third kappa shape index (κ3) is 3.87. The molecule has 1 N–H and O–H groups in total. The van der Waals surface area contributed by atoms with E-state index in [9.17, 15) is 0 Å². The largest absolute Gasteiger partial charge is 0.318 e. The first kappa shape index (κ1) is 16.2. The minimum atomic E-state index is 0.732. The second kappa shape index (κ2) is 9.22. The Morgan fingerprint density at radius 1 is 1.33 bits per heavy atom. The maximum atomic E-state index is 3.98. The van der Waals surface area contributed by atoms with Gasteiger partial charge in [-0.1, -0.05) is 59.4 Å². The topological polar surface area (TPSA) is 42.7 Å². The van der Waals surface area contributed by atoms with Crippen molar-refractivity contribution in [1.82, 2.24) is 14.9 Å². The predicted molar refractivity (Wildman–Crippen MR) is 78.9 cm³/mol. The Labute approximate surface area is 110 Å². The molecule has 0 amide bonds. The average molecular weight is 248 g/mol. The Morgan fingerprint density at radius 2 is 1.94 bits per heavy atom. The second-order valence-electron chi connectivity index (χ2n) is 3.41. The molecule has 1 aliphatic heterocycles. The van der Waals surface area contributed by atoms with Crippen LogP contribution in [0.25, 0.3) is 5.57 Å². The van der Waals surface area contributed by atoms with Crippen molar-refractivity contribution in [2.24, 2.45) is 0 Å². The first-order valence-electron chi connectivity index (χ1n) is 6.40. The lowest BCUT2D eigenvalue weighted by Gasteiger charge is -2.18. The first-order chi connectivity index (χ1) is 8.78. The third-order valence-corrected chi connectivity index (χ3v) is 2.02. The van der Waals surface area contributed by atoms with Crippen molar-refractivity contribution in [1.29, 1.82) is 0 Å². The molecule has 1 aromatic heterocycles. The van der Waals surface area contributed by atoms with Crippen LogP contribution < -0.4 is 5.43 Å². The highest BCUT2D eigenvalue weighted by atomic mass is 15.5. The molecule has 4 nitrogen and oxygen atoms in total. The van der Waals surface area contributed by atoms with E-state index in [-0.39, 0.29) is 0 Å². The van der Waals surface area contributed by atoms with E-state index in [2.05, 4.69) is 42.6 Å². The second-order valence-corrected chi connectivity index (χ2v) is 3.41. The van der Waals surface area contributed by atoms with Crippen molar-refractivity contribution < 1.29 is 0 Å². The summed E-state index contributed by atoms with van der Waals surface area (Å²) in [6.07, 6.45) is 6.47. The lowest BCUT2D eigenvalue weighted by Crippen LogP contribution is -2.23. The van der Waals surface area contributed by atoms with Gasteiger partial charge in [-0.15, -0.1) is 10.2 Å². The quantitative estimate of drug-likeness (QED) is 0.872. The Hall–Kier alpha value is -1.84. The van der Waals surface area contributed by atoms with Gasteiger partial charge < -0.3 is 5.43 Å². The molecule has 1 aliphatic rings. The zero-order valence-corrected chi connectivity index (χ0v) is 11.9. The molecule has 0 fully saturated rings. The molecule has 0 spiro atoms. The zero-order chi connectivity index (χ0) is 14.0. The van der Waals surface area contributed by atoms with E-state index >= 15 is 0 Å². The number of hydrogen-bond donors (Lipinski definition) is 1. The van der Waals surface area contributed by atoms with E-state index < -0.39 is 0 Å². The third-order valence-electron chi connectivity index (χ3n) is 2.02. The predicted octanol–water partition coefficient (Wildman–Crippen LogP) is 3.40. The van der Waals surface area contributed by atoms with Gasteiger partial charge in [-0.2, -0.15) is 0 Å². The summed E-state index contributed by atoms with van der Waals surface area (Å²) in [4.78, 5) is 0. The summed E-state index contributed by atoms with van der Waals surface area (Å²) in [5, 5.41) is 7.79. The first-order valence-corrected chi connectivity index (χ1v) is 6.40. The maximum Gasteiger partial charge on any atom is 0.182 e. The highest BCUT2D eigenvalue weighted by Crippen LogP contribution is 2.20. The highest BCUT2D eigenvalue weighted by molar-refractivity contribution is 5.76. The van der Waals surface area contributed by atoms with Crippen molar-refractivity contribution in [3.8, 4) is 0 Å². The van der Waals surface area contributed by atoms with Crippen molar-refractivity contribution in [2.75, 3.05) is 12.0 Å². The van der Waals surface area contributed by atoms with Crippen LogP contribution in [0.3, 0.4) is 0 Å². The number of nitrogens with one attached hydrogen (secondary N) is 1. The molecule has 0 bridgehead atoms. The lowest BCUT2D eigenvalue weighted by atomic mass is 10.1. The van der Waals surface area contributed by atoms with Gasteiger partial charge in [0.25, 0.3) is 0 Å². The fourth-order valence-electron chi connectivity index (χ4n) is 1.35. The van der Waals surface area contributed by atoms with Crippen LogP contribution in [0.5, 0.6) is 0 Å². The fourth-order valence-corrected chi connectivity index (χ4v) is 1.35. The number of hydrogen-bond acceptors (Lipinski definition) is 3. The number of rotatable bonds is 2. The smallest absolute Gasteiger partial charge is 0.182 e. The molecule has 1 aromatic rings. The molecule has 0 aromatic carbocycles. The number of nitrogens with zero attached hydrogens (tertiary/aromatic N) is 3. The molecule has 0 unspecified atom stereocenters. The summed E-state index contributed by atoms with van der Waals surface area (Å²) >= 11 is 0. The van der Waals surface area contributed by atoms with Gasteiger partial charge in [-0.05, 0) is 5.57 Å². The van der Waals surface area contributed by atoms with Crippen molar-refractivity contribution in [2.45, 2.75) is 34.1 Å². The molecule has 0 saturated carbocycles. The van der Waals surface area contributed by atoms with Gasteiger partial charge in [0.05, 0.1) is 6.54 Å². The Morgan fingerprint density at radius 3 is 2.44 bits per heavy atom. The van der Waals surface area contributed by atoms with Crippen LogP contribution in [0, 0.1) is 0 Å². The summed E-state index contributed by atoms with van der Waals surface area (Å²) in [5.74, 6) is 0.788. The fraction of sp³-hybridized carbons (Fsp3) is 0.429. The minimum Gasteiger partial charge on any atom is -0.318 e. The monoisotopic (exact) mass is 248 g/mol. The van der Waals surface area contributed by atoms with Crippen LogP contribution in [0.4, 0.5) is 0 Å². The Balaban J connectivity index is 0.000000509.